The molecule has 3 N–H and O–H groups in total. The number of nitrogens with two attached hydrogens (primary N) is 1. The zero-order chi connectivity index (χ0) is 12.4. The van der Waals surface area contributed by atoms with Gasteiger partial charge in [-0.3, -0.25) is 4.79 Å². The van der Waals surface area contributed by atoms with Gasteiger partial charge in [-0.1, -0.05) is 0 Å². The lowest BCUT2D eigenvalue weighted by atomic mass is 10.2. The Labute approximate surface area is 97.6 Å². The highest BCUT2D eigenvalue weighted by molar-refractivity contribution is 5.81. The Bertz CT molecular complexity index is 188. The SMILES string of the molecule is COCCC(N)C(=O)N(C)CCCCCO. The van der Waals surface area contributed by atoms with Crippen LogP contribution < -0.4 is 5.73 Å². The monoisotopic (exact) mass is 232 g/mol. The van der Waals surface area contributed by atoms with E-state index in [1.54, 1.807) is 19.1 Å². The number of unbranched alkanes of at least 4 members (excludes halogenated alkanes) is 2. The van der Waals surface area contributed by atoms with Crippen LogP contribution in [-0.2, 0) is 9.53 Å². The highest BCUT2D eigenvalue weighted by Gasteiger charge is 2.16. The lowest BCUT2D eigenvalue weighted by molar-refractivity contribution is -0.131. The molecular weight excluding hydrogens is 208 g/mol. The van der Waals surface area contributed by atoms with E-state index in [1.807, 2.05) is 0 Å². The molecule has 0 aliphatic carbocycles. The van der Waals surface area contributed by atoms with Crippen LogP contribution in [0.4, 0.5) is 0 Å². The number of hydrogen-bond acceptors (Lipinski definition) is 4. The molecule has 1 unspecified atom stereocenters. The van der Waals surface area contributed by atoms with Crippen molar-refractivity contribution >= 4 is 5.91 Å². The number of aliphatic hydroxyl groups excluding tert-OH is 1. The average molecular weight is 232 g/mol. The molecule has 0 aliphatic rings. The van der Waals surface area contributed by atoms with Crippen molar-refractivity contribution < 1.29 is 14.6 Å². The summed E-state index contributed by atoms with van der Waals surface area (Å²) < 4.78 is 4.88. The Morgan fingerprint density at radius 2 is 2.12 bits per heavy atom. The fourth-order valence-electron chi connectivity index (χ4n) is 1.40. The Kier molecular flexibility index (Phi) is 9.18. The van der Waals surface area contributed by atoms with Crippen LogP contribution >= 0.6 is 0 Å². The van der Waals surface area contributed by atoms with E-state index in [2.05, 4.69) is 0 Å². The van der Waals surface area contributed by atoms with E-state index in [1.165, 1.54) is 0 Å². The molecular formula is C11H24N2O3. The second-order valence-corrected chi connectivity index (χ2v) is 3.93. The number of likely N-dealkylation sites (N-methyl/N-ethyl adjacent to an activating group) is 1. The van der Waals surface area contributed by atoms with Crippen molar-refractivity contribution in [3.05, 3.63) is 0 Å². The molecule has 0 fully saturated rings. The summed E-state index contributed by atoms with van der Waals surface area (Å²) >= 11 is 0. The molecule has 0 spiro atoms. The summed E-state index contributed by atoms with van der Waals surface area (Å²) in [6.07, 6.45) is 3.18. The van der Waals surface area contributed by atoms with E-state index in [0.29, 0.717) is 19.6 Å². The summed E-state index contributed by atoms with van der Waals surface area (Å²) in [4.78, 5) is 13.4. The fourth-order valence-corrected chi connectivity index (χ4v) is 1.40. The van der Waals surface area contributed by atoms with Crippen LogP contribution in [0.15, 0.2) is 0 Å². The Morgan fingerprint density at radius 1 is 1.44 bits per heavy atom. The maximum atomic E-state index is 11.7. The molecule has 0 heterocycles. The summed E-state index contributed by atoms with van der Waals surface area (Å²) in [5, 5.41) is 8.61. The van der Waals surface area contributed by atoms with Crippen molar-refractivity contribution in [1.82, 2.24) is 4.90 Å². The van der Waals surface area contributed by atoms with Gasteiger partial charge in [0.1, 0.15) is 0 Å². The van der Waals surface area contributed by atoms with Gasteiger partial charge in [-0.15, -0.1) is 0 Å². The first-order valence-electron chi connectivity index (χ1n) is 5.73. The fraction of sp³-hybridized carbons (Fsp3) is 0.909. The number of carbonyl (C=O) groups excluding carboxylic acids is 1. The minimum absolute atomic E-state index is 0.0407. The van der Waals surface area contributed by atoms with Crippen molar-refractivity contribution in [3.63, 3.8) is 0 Å². The van der Waals surface area contributed by atoms with E-state index in [-0.39, 0.29) is 12.5 Å². The molecule has 1 atom stereocenters. The quantitative estimate of drug-likeness (QED) is 0.547. The number of amides is 1. The normalized spacial score (nSPS) is 12.5. The van der Waals surface area contributed by atoms with Gasteiger partial charge < -0.3 is 20.5 Å². The molecule has 0 bridgehead atoms. The van der Waals surface area contributed by atoms with Gasteiger partial charge in [-0.25, -0.2) is 0 Å². The molecule has 0 aromatic rings. The van der Waals surface area contributed by atoms with Gasteiger partial charge in [0.25, 0.3) is 0 Å². The first-order valence-corrected chi connectivity index (χ1v) is 5.73. The zero-order valence-electron chi connectivity index (χ0n) is 10.3. The van der Waals surface area contributed by atoms with Crippen LogP contribution in [0.5, 0.6) is 0 Å². The molecule has 0 rings (SSSR count). The number of methoxy groups -OCH3 is 1. The summed E-state index contributed by atoms with van der Waals surface area (Å²) in [5.74, 6) is -0.0407. The van der Waals surface area contributed by atoms with Gasteiger partial charge in [-0.2, -0.15) is 0 Å². The molecule has 5 nitrogen and oxygen atoms in total. The van der Waals surface area contributed by atoms with E-state index in [4.69, 9.17) is 15.6 Å². The molecule has 0 aromatic heterocycles. The van der Waals surface area contributed by atoms with Gasteiger partial charge in [0.15, 0.2) is 0 Å². The summed E-state index contributed by atoms with van der Waals surface area (Å²) in [6.45, 7) is 1.41. The topological polar surface area (TPSA) is 75.8 Å². The average Bonchev–Trinajstić information content (AvgIpc) is 2.30. The van der Waals surface area contributed by atoms with E-state index in [9.17, 15) is 4.79 Å². The zero-order valence-corrected chi connectivity index (χ0v) is 10.3. The molecule has 5 heteroatoms. The maximum Gasteiger partial charge on any atom is 0.239 e. The third-order valence-electron chi connectivity index (χ3n) is 2.48. The molecule has 16 heavy (non-hydrogen) atoms. The number of nitrogens with zero attached hydrogens (tertiary/aromatic N) is 1. The van der Waals surface area contributed by atoms with Gasteiger partial charge in [-0.05, 0) is 25.7 Å². The van der Waals surface area contributed by atoms with Crippen LogP contribution in [0.2, 0.25) is 0 Å². The van der Waals surface area contributed by atoms with Crippen molar-refractivity contribution in [2.45, 2.75) is 31.7 Å². The maximum absolute atomic E-state index is 11.7. The highest BCUT2D eigenvalue weighted by atomic mass is 16.5. The van der Waals surface area contributed by atoms with Gasteiger partial charge in [0.2, 0.25) is 5.91 Å². The van der Waals surface area contributed by atoms with Crippen LogP contribution in [0.25, 0.3) is 0 Å². The standard InChI is InChI=1S/C11H24N2O3/c1-13(7-4-3-5-8-14)11(15)10(12)6-9-16-2/h10,14H,3-9,12H2,1-2H3. The van der Waals surface area contributed by atoms with Crippen LogP contribution in [0.1, 0.15) is 25.7 Å². The molecule has 0 saturated heterocycles. The van der Waals surface area contributed by atoms with Gasteiger partial charge in [0, 0.05) is 33.9 Å². The van der Waals surface area contributed by atoms with E-state index < -0.39 is 6.04 Å². The predicted molar refractivity (Wildman–Crippen MR) is 63.0 cm³/mol. The third-order valence-corrected chi connectivity index (χ3v) is 2.48. The number of aliphatic hydroxyl groups is 1. The Morgan fingerprint density at radius 3 is 2.69 bits per heavy atom. The van der Waals surface area contributed by atoms with Crippen molar-refractivity contribution in [2.24, 2.45) is 5.73 Å². The second-order valence-electron chi connectivity index (χ2n) is 3.93. The Balaban J connectivity index is 3.70. The largest absolute Gasteiger partial charge is 0.396 e. The van der Waals surface area contributed by atoms with Gasteiger partial charge >= 0.3 is 0 Å². The minimum Gasteiger partial charge on any atom is -0.396 e. The molecule has 0 aliphatic heterocycles. The number of ether oxygens (including phenoxy) is 1. The van der Waals surface area contributed by atoms with Crippen molar-refractivity contribution in [3.8, 4) is 0 Å². The van der Waals surface area contributed by atoms with E-state index >= 15 is 0 Å². The van der Waals surface area contributed by atoms with Crippen molar-refractivity contribution in [1.29, 1.82) is 0 Å². The minimum atomic E-state index is -0.470. The number of carbonyl (C=O) groups is 1. The lowest BCUT2D eigenvalue weighted by Gasteiger charge is -2.21. The number of rotatable bonds is 9. The number of hydrogen-bond donors (Lipinski definition) is 2. The first kappa shape index (κ1) is 15.3. The van der Waals surface area contributed by atoms with Gasteiger partial charge in [0.05, 0.1) is 6.04 Å². The molecule has 1 amide bonds. The predicted octanol–water partition coefficient (Wildman–Crippen LogP) is -0.0288. The molecule has 96 valence electrons. The molecule has 0 aromatic carbocycles. The smallest absolute Gasteiger partial charge is 0.239 e. The third kappa shape index (κ3) is 6.76. The summed E-state index contributed by atoms with van der Waals surface area (Å²) in [6, 6.07) is -0.470. The highest BCUT2D eigenvalue weighted by Crippen LogP contribution is 2.00. The lowest BCUT2D eigenvalue weighted by Crippen LogP contribution is -2.42. The molecule has 0 radical (unpaired) electrons. The summed E-state index contributed by atoms with van der Waals surface area (Å²) in [7, 11) is 3.35. The second kappa shape index (κ2) is 9.57. The van der Waals surface area contributed by atoms with Crippen LogP contribution in [0.3, 0.4) is 0 Å². The summed E-state index contributed by atoms with van der Waals surface area (Å²) in [5.41, 5.74) is 5.72. The molecule has 0 saturated carbocycles. The van der Waals surface area contributed by atoms with Crippen molar-refractivity contribution in [2.75, 3.05) is 33.9 Å². The Hall–Kier alpha value is -0.650. The first-order chi connectivity index (χ1) is 7.63. The van der Waals surface area contributed by atoms with Crippen LogP contribution in [0, 0.1) is 0 Å². The van der Waals surface area contributed by atoms with E-state index in [0.717, 1.165) is 19.3 Å². The van der Waals surface area contributed by atoms with Crippen LogP contribution in [-0.4, -0.2) is 55.9 Å².